The van der Waals surface area contributed by atoms with Crippen LogP contribution in [0.3, 0.4) is 0 Å². The van der Waals surface area contributed by atoms with E-state index in [0.717, 1.165) is 16.5 Å². The van der Waals surface area contributed by atoms with Crippen LogP contribution in [0.1, 0.15) is 12.0 Å². The summed E-state index contributed by atoms with van der Waals surface area (Å²) in [6.07, 6.45) is 2.78. The van der Waals surface area contributed by atoms with Crippen molar-refractivity contribution in [3.05, 3.63) is 35.5 Å². The van der Waals surface area contributed by atoms with Gasteiger partial charge in [-0.25, -0.2) is 4.79 Å². The Bertz CT molecular complexity index is 657. The van der Waals surface area contributed by atoms with Crippen molar-refractivity contribution in [2.24, 2.45) is 0 Å². The molecular weight excluding hydrogens is 248 g/mol. The van der Waals surface area contributed by atoms with E-state index >= 15 is 0 Å². The number of nitrogens with one attached hydrogen (secondary N) is 1. The number of fused-ring (bicyclic) bond motifs is 1. The highest BCUT2D eigenvalue weighted by atomic mass is 16.5. The topological polar surface area (TPSA) is 92.3 Å². The average molecular weight is 260 g/mol. The number of nitrogens with zero attached hydrogens (tertiary/aromatic N) is 1. The molecule has 19 heavy (non-hydrogen) atoms. The molecule has 6 nitrogen and oxygen atoms in total. The molecule has 6 heteroatoms. The van der Waals surface area contributed by atoms with Crippen molar-refractivity contribution in [1.29, 1.82) is 0 Å². The predicted molar refractivity (Wildman–Crippen MR) is 68.3 cm³/mol. The Morgan fingerprint density at radius 3 is 2.95 bits per heavy atom. The van der Waals surface area contributed by atoms with Crippen molar-refractivity contribution in [2.45, 2.75) is 6.42 Å². The predicted octanol–water partition coefficient (Wildman–Crippen LogP) is 1.59. The smallest absolute Gasteiger partial charge is 0.334 e. The summed E-state index contributed by atoms with van der Waals surface area (Å²) in [5, 5.41) is 16.4. The molecule has 0 bridgehead atoms. The van der Waals surface area contributed by atoms with E-state index in [-0.39, 0.29) is 12.0 Å². The lowest BCUT2D eigenvalue weighted by molar-refractivity contribution is -0.141. The molecule has 1 heterocycles. The van der Waals surface area contributed by atoms with Gasteiger partial charge >= 0.3 is 11.9 Å². The third kappa shape index (κ3) is 2.98. The standard InChI is InChI=1S/C13H12N2O4/c1-19-13(18)9(6-12(16)17)4-8-2-3-11-10(5-8)7-14-15-11/h2-5,7H,6H2,1H3,(H,14,15)(H,16,17)/b9-4-. The zero-order valence-electron chi connectivity index (χ0n) is 10.2. The molecular formula is C13H12N2O4. The average Bonchev–Trinajstić information content (AvgIpc) is 2.84. The van der Waals surface area contributed by atoms with E-state index in [4.69, 9.17) is 5.11 Å². The quantitative estimate of drug-likeness (QED) is 0.643. The van der Waals surface area contributed by atoms with Crippen LogP contribution in [0, 0.1) is 0 Å². The van der Waals surface area contributed by atoms with E-state index < -0.39 is 11.9 Å². The number of aromatic nitrogens is 2. The van der Waals surface area contributed by atoms with Crippen LogP contribution >= 0.6 is 0 Å². The molecule has 0 spiro atoms. The number of H-pyrrole nitrogens is 1. The molecule has 1 aromatic heterocycles. The van der Waals surface area contributed by atoms with Gasteiger partial charge in [-0.2, -0.15) is 5.10 Å². The molecule has 0 aliphatic heterocycles. The van der Waals surface area contributed by atoms with Crippen LogP contribution < -0.4 is 0 Å². The van der Waals surface area contributed by atoms with Gasteiger partial charge in [-0.3, -0.25) is 9.89 Å². The Labute approximate surface area is 108 Å². The minimum absolute atomic E-state index is 0.0952. The number of carboxylic acids is 1. The molecule has 2 rings (SSSR count). The molecule has 0 unspecified atom stereocenters. The summed E-state index contributed by atoms with van der Waals surface area (Å²) in [4.78, 5) is 22.2. The summed E-state index contributed by atoms with van der Waals surface area (Å²) in [5.41, 5.74) is 1.68. The van der Waals surface area contributed by atoms with Gasteiger partial charge in [-0.15, -0.1) is 0 Å². The maximum Gasteiger partial charge on any atom is 0.334 e. The van der Waals surface area contributed by atoms with E-state index in [1.165, 1.54) is 13.2 Å². The Balaban J connectivity index is 2.38. The SMILES string of the molecule is COC(=O)/C(=C\c1ccc2[nH]ncc2c1)CC(=O)O. The molecule has 98 valence electrons. The number of hydrogen-bond acceptors (Lipinski definition) is 4. The van der Waals surface area contributed by atoms with Crippen molar-refractivity contribution in [2.75, 3.05) is 7.11 Å². The molecule has 0 fully saturated rings. The molecule has 0 saturated heterocycles. The van der Waals surface area contributed by atoms with Gasteiger partial charge in [0, 0.05) is 11.0 Å². The highest BCUT2D eigenvalue weighted by molar-refractivity contribution is 5.98. The number of carbonyl (C=O) groups excluding carboxylic acids is 1. The minimum atomic E-state index is -1.08. The van der Waals surface area contributed by atoms with E-state index in [9.17, 15) is 9.59 Å². The second kappa shape index (κ2) is 5.34. The van der Waals surface area contributed by atoms with Gasteiger partial charge in [0.1, 0.15) is 0 Å². The summed E-state index contributed by atoms with van der Waals surface area (Å²) >= 11 is 0. The molecule has 0 aliphatic rings. The maximum atomic E-state index is 11.5. The number of hydrogen-bond donors (Lipinski definition) is 2. The summed E-state index contributed by atoms with van der Waals surface area (Å²) in [5.74, 6) is -1.73. The van der Waals surface area contributed by atoms with Gasteiger partial charge in [-0.05, 0) is 23.8 Å². The van der Waals surface area contributed by atoms with E-state index in [2.05, 4.69) is 14.9 Å². The molecule has 0 aliphatic carbocycles. The summed E-state index contributed by atoms with van der Waals surface area (Å²) in [7, 11) is 1.22. The Hall–Kier alpha value is -2.63. The number of carbonyl (C=O) groups is 2. The molecule has 0 atom stereocenters. The zero-order chi connectivity index (χ0) is 13.8. The summed E-state index contributed by atoms with van der Waals surface area (Å²) < 4.78 is 4.57. The van der Waals surface area contributed by atoms with Gasteiger partial charge in [-0.1, -0.05) is 6.07 Å². The van der Waals surface area contributed by atoms with Crippen molar-refractivity contribution in [3.8, 4) is 0 Å². The Morgan fingerprint density at radius 2 is 2.26 bits per heavy atom. The van der Waals surface area contributed by atoms with Gasteiger partial charge in [0.2, 0.25) is 0 Å². The van der Waals surface area contributed by atoms with Crippen LogP contribution in [-0.2, 0) is 14.3 Å². The molecule has 0 amide bonds. The number of methoxy groups -OCH3 is 1. The third-order valence-electron chi connectivity index (χ3n) is 2.59. The lowest BCUT2D eigenvalue weighted by Gasteiger charge is -2.03. The lowest BCUT2D eigenvalue weighted by atomic mass is 10.1. The molecule has 2 aromatic rings. The first kappa shape index (κ1) is 12.8. The first-order valence-corrected chi connectivity index (χ1v) is 5.54. The number of ether oxygens (including phenoxy) is 1. The first-order chi connectivity index (χ1) is 9.10. The number of rotatable bonds is 4. The maximum absolute atomic E-state index is 11.5. The second-order valence-corrected chi connectivity index (χ2v) is 3.95. The van der Waals surface area contributed by atoms with Crippen LogP contribution in [0.25, 0.3) is 17.0 Å². The van der Waals surface area contributed by atoms with Crippen LogP contribution in [0.4, 0.5) is 0 Å². The van der Waals surface area contributed by atoms with Crippen molar-refractivity contribution in [1.82, 2.24) is 10.2 Å². The van der Waals surface area contributed by atoms with Gasteiger partial charge in [0.05, 0.1) is 25.2 Å². The van der Waals surface area contributed by atoms with E-state index in [1.54, 1.807) is 12.3 Å². The highest BCUT2D eigenvalue weighted by Gasteiger charge is 2.13. The van der Waals surface area contributed by atoms with Crippen LogP contribution in [0.15, 0.2) is 30.0 Å². The third-order valence-corrected chi connectivity index (χ3v) is 2.59. The summed E-state index contributed by atoms with van der Waals surface area (Å²) in [6, 6.07) is 5.39. The van der Waals surface area contributed by atoms with Crippen LogP contribution in [0.2, 0.25) is 0 Å². The van der Waals surface area contributed by atoms with Crippen molar-refractivity contribution >= 4 is 28.9 Å². The van der Waals surface area contributed by atoms with E-state index in [1.807, 2.05) is 12.1 Å². The molecule has 2 N–H and O–H groups in total. The largest absolute Gasteiger partial charge is 0.481 e. The number of benzene rings is 1. The van der Waals surface area contributed by atoms with Crippen molar-refractivity contribution in [3.63, 3.8) is 0 Å². The van der Waals surface area contributed by atoms with E-state index in [0.29, 0.717) is 0 Å². The minimum Gasteiger partial charge on any atom is -0.481 e. The molecule has 0 radical (unpaired) electrons. The fraction of sp³-hybridized carbons (Fsp3) is 0.154. The fourth-order valence-electron chi connectivity index (χ4n) is 1.73. The monoisotopic (exact) mass is 260 g/mol. The zero-order valence-corrected chi connectivity index (χ0v) is 10.2. The second-order valence-electron chi connectivity index (χ2n) is 3.95. The number of carboxylic acid groups (broad SMARTS) is 1. The Kier molecular flexibility index (Phi) is 3.61. The first-order valence-electron chi connectivity index (χ1n) is 5.54. The van der Waals surface area contributed by atoms with Gasteiger partial charge < -0.3 is 9.84 Å². The van der Waals surface area contributed by atoms with Gasteiger partial charge in [0.15, 0.2) is 0 Å². The summed E-state index contributed by atoms with van der Waals surface area (Å²) in [6.45, 7) is 0. The fourth-order valence-corrected chi connectivity index (χ4v) is 1.73. The van der Waals surface area contributed by atoms with Gasteiger partial charge in [0.25, 0.3) is 0 Å². The van der Waals surface area contributed by atoms with Crippen LogP contribution in [-0.4, -0.2) is 34.4 Å². The lowest BCUT2D eigenvalue weighted by Crippen LogP contribution is -2.09. The normalized spacial score (nSPS) is 11.5. The van der Waals surface area contributed by atoms with Crippen LogP contribution in [0.5, 0.6) is 0 Å². The molecule has 1 aromatic carbocycles. The molecule has 0 saturated carbocycles. The number of aliphatic carboxylic acids is 1. The van der Waals surface area contributed by atoms with Crippen molar-refractivity contribution < 1.29 is 19.4 Å². The highest BCUT2D eigenvalue weighted by Crippen LogP contribution is 2.17. The Morgan fingerprint density at radius 1 is 1.47 bits per heavy atom. The number of aromatic amines is 1. The number of esters is 1.